The third-order valence-corrected chi connectivity index (χ3v) is 5.21. The second kappa shape index (κ2) is 5.91. The second-order valence-electron chi connectivity index (χ2n) is 4.68. The van der Waals surface area contributed by atoms with Crippen molar-refractivity contribution in [2.24, 2.45) is 10.9 Å². The second-order valence-corrected chi connectivity index (χ2v) is 6.94. The summed E-state index contributed by atoms with van der Waals surface area (Å²) in [6.45, 7) is 7.72. The van der Waals surface area contributed by atoms with Gasteiger partial charge in [-0.3, -0.25) is 4.99 Å². The smallest absolute Gasteiger partial charge is 0.157 e. The van der Waals surface area contributed by atoms with Gasteiger partial charge in [-0.05, 0) is 23.8 Å². The van der Waals surface area contributed by atoms with Crippen molar-refractivity contribution in [1.29, 1.82) is 0 Å². The molecule has 17 heavy (non-hydrogen) atoms. The fourth-order valence-corrected chi connectivity index (χ4v) is 3.80. The van der Waals surface area contributed by atoms with Crippen molar-refractivity contribution in [3.05, 3.63) is 22.4 Å². The Balaban J connectivity index is 2.00. The number of nitrogens with one attached hydrogen (secondary N) is 1. The third-order valence-electron chi connectivity index (χ3n) is 2.97. The van der Waals surface area contributed by atoms with Crippen LogP contribution in [0.3, 0.4) is 0 Å². The van der Waals surface area contributed by atoms with Crippen molar-refractivity contribution < 1.29 is 0 Å². The van der Waals surface area contributed by atoms with Crippen LogP contribution >= 0.6 is 23.1 Å². The average molecular weight is 268 g/mol. The van der Waals surface area contributed by atoms with Gasteiger partial charge in [0.2, 0.25) is 0 Å². The van der Waals surface area contributed by atoms with Crippen LogP contribution in [0.4, 0.5) is 0 Å². The summed E-state index contributed by atoms with van der Waals surface area (Å²) in [6, 6.07) is 4.73. The van der Waals surface area contributed by atoms with E-state index in [1.807, 2.05) is 23.1 Å². The molecule has 1 N–H and O–H groups in total. The van der Waals surface area contributed by atoms with Crippen molar-refractivity contribution in [3.63, 3.8) is 0 Å². The molecular weight excluding hydrogens is 248 g/mol. The number of hydrogen-bond acceptors (Lipinski definition) is 4. The zero-order valence-corrected chi connectivity index (χ0v) is 12.3. The fourth-order valence-electron chi connectivity index (χ4n) is 1.88. The van der Waals surface area contributed by atoms with Gasteiger partial charge in [-0.15, -0.1) is 11.3 Å². The predicted octanol–water partition coefficient (Wildman–Crippen LogP) is 3.92. The Morgan fingerprint density at radius 1 is 1.53 bits per heavy atom. The van der Waals surface area contributed by atoms with Crippen LogP contribution in [-0.4, -0.2) is 17.0 Å². The molecule has 94 valence electrons. The van der Waals surface area contributed by atoms with E-state index in [-0.39, 0.29) is 0 Å². The van der Waals surface area contributed by atoms with Gasteiger partial charge in [0.15, 0.2) is 5.17 Å². The van der Waals surface area contributed by atoms with Gasteiger partial charge in [-0.1, -0.05) is 38.6 Å². The summed E-state index contributed by atoms with van der Waals surface area (Å²) in [5.41, 5.74) is 0. The molecule has 0 saturated carbocycles. The highest BCUT2D eigenvalue weighted by Crippen LogP contribution is 2.29. The zero-order valence-electron chi connectivity index (χ0n) is 10.6. The fraction of sp³-hybridized carbons (Fsp3) is 0.615. The Morgan fingerprint density at radius 2 is 2.35 bits per heavy atom. The van der Waals surface area contributed by atoms with Gasteiger partial charge in [-0.2, -0.15) is 0 Å². The minimum atomic E-state index is 0.400. The monoisotopic (exact) mass is 268 g/mol. The topological polar surface area (TPSA) is 24.4 Å². The molecule has 1 aromatic rings. The number of rotatable bonds is 4. The first-order valence-corrected chi connectivity index (χ1v) is 7.97. The lowest BCUT2D eigenvalue weighted by molar-refractivity contribution is 0.481. The molecule has 1 aromatic heterocycles. The van der Waals surface area contributed by atoms with E-state index in [0.717, 1.165) is 11.7 Å². The number of hydrogen-bond donors (Lipinski definition) is 1. The first-order valence-electron chi connectivity index (χ1n) is 6.21. The van der Waals surface area contributed by atoms with Gasteiger partial charge in [0, 0.05) is 10.1 Å². The van der Waals surface area contributed by atoms with E-state index in [1.165, 1.54) is 11.3 Å². The van der Waals surface area contributed by atoms with E-state index < -0.39 is 0 Å². The maximum atomic E-state index is 4.59. The van der Waals surface area contributed by atoms with Crippen LogP contribution in [0, 0.1) is 5.92 Å². The van der Waals surface area contributed by atoms with Gasteiger partial charge in [0.25, 0.3) is 0 Å². The molecule has 0 saturated heterocycles. The van der Waals surface area contributed by atoms with Crippen molar-refractivity contribution in [1.82, 2.24) is 5.32 Å². The van der Waals surface area contributed by atoms with E-state index in [9.17, 15) is 0 Å². The van der Waals surface area contributed by atoms with Crippen LogP contribution in [0.5, 0.6) is 0 Å². The molecule has 1 aliphatic heterocycles. The molecule has 2 heterocycles. The average Bonchev–Trinajstić information content (AvgIpc) is 2.96. The summed E-state index contributed by atoms with van der Waals surface area (Å²) in [4.78, 5) is 6.00. The molecule has 0 fully saturated rings. The predicted molar refractivity (Wildman–Crippen MR) is 79.0 cm³/mol. The van der Waals surface area contributed by atoms with Crippen LogP contribution in [0.15, 0.2) is 22.5 Å². The first-order chi connectivity index (χ1) is 8.20. The molecule has 4 heteroatoms. The van der Waals surface area contributed by atoms with E-state index in [1.54, 1.807) is 0 Å². The number of thioether (sulfide) groups is 1. The van der Waals surface area contributed by atoms with Crippen molar-refractivity contribution in [2.75, 3.05) is 6.54 Å². The summed E-state index contributed by atoms with van der Waals surface area (Å²) < 4.78 is 0. The highest BCUT2D eigenvalue weighted by atomic mass is 32.2. The molecule has 0 aromatic carbocycles. The zero-order chi connectivity index (χ0) is 12.3. The van der Waals surface area contributed by atoms with E-state index in [2.05, 4.69) is 48.6 Å². The molecule has 0 bridgehead atoms. The van der Waals surface area contributed by atoms with Gasteiger partial charge < -0.3 is 5.32 Å². The molecule has 0 aliphatic carbocycles. The van der Waals surface area contributed by atoms with Crippen molar-refractivity contribution >= 4 is 28.3 Å². The van der Waals surface area contributed by atoms with E-state index >= 15 is 0 Å². The van der Waals surface area contributed by atoms with Crippen molar-refractivity contribution in [3.8, 4) is 0 Å². The normalized spacial score (nSPS) is 21.6. The highest BCUT2D eigenvalue weighted by Gasteiger charge is 2.23. The molecule has 2 rings (SSSR count). The Morgan fingerprint density at radius 3 is 2.88 bits per heavy atom. The molecule has 0 spiro atoms. The maximum absolute atomic E-state index is 4.59. The van der Waals surface area contributed by atoms with Crippen LogP contribution in [0.25, 0.3) is 0 Å². The van der Waals surface area contributed by atoms with Gasteiger partial charge >= 0.3 is 0 Å². The third kappa shape index (κ3) is 3.26. The number of thiophene rings is 1. The van der Waals surface area contributed by atoms with Gasteiger partial charge in [0.1, 0.15) is 0 Å². The summed E-state index contributed by atoms with van der Waals surface area (Å²) in [5.74, 6) is 0.581. The van der Waals surface area contributed by atoms with Crippen LogP contribution < -0.4 is 5.32 Å². The van der Waals surface area contributed by atoms with Crippen LogP contribution in [0.2, 0.25) is 0 Å². The minimum absolute atomic E-state index is 0.400. The van der Waals surface area contributed by atoms with Crippen molar-refractivity contribution in [2.45, 2.75) is 38.5 Å². The lowest BCUT2D eigenvalue weighted by atomic mass is 10.0. The number of amidine groups is 1. The molecule has 0 radical (unpaired) electrons. The molecule has 2 atom stereocenters. The Labute approximate surface area is 112 Å². The number of nitrogens with zero attached hydrogens (tertiary/aromatic N) is 1. The largest absolute Gasteiger partial charge is 0.357 e. The molecule has 1 aliphatic rings. The summed E-state index contributed by atoms with van der Waals surface area (Å²) in [5, 5.41) is 7.55. The molecule has 2 unspecified atom stereocenters. The molecule has 0 amide bonds. The maximum Gasteiger partial charge on any atom is 0.157 e. The summed E-state index contributed by atoms with van der Waals surface area (Å²) in [6.07, 6.45) is 1.20. The minimum Gasteiger partial charge on any atom is -0.357 e. The Bertz CT molecular complexity index is 371. The summed E-state index contributed by atoms with van der Waals surface area (Å²) in [7, 11) is 0. The summed E-state index contributed by atoms with van der Waals surface area (Å²) >= 11 is 3.72. The van der Waals surface area contributed by atoms with Gasteiger partial charge in [-0.25, -0.2) is 0 Å². The van der Waals surface area contributed by atoms with E-state index in [0.29, 0.717) is 17.2 Å². The van der Waals surface area contributed by atoms with Crippen LogP contribution in [-0.2, 0) is 0 Å². The molecule has 2 nitrogen and oxygen atoms in total. The lowest BCUT2D eigenvalue weighted by Gasteiger charge is -2.22. The quantitative estimate of drug-likeness (QED) is 0.895. The standard InChI is InChI=1S/C13H20N2S2/c1-4-10-8-14-13(17-10)15-12(9(2)3)11-6-5-7-16-11/h5-7,9-10,12H,4,8H2,1-3H3,(H,14,15). The number of aliphatic imine (C=N–C) groups is 1. The van der Waals surface area contributed by atoms with Gasteiger partial charge in [0.05, 0.1) is 12.6 Å². The first kappa shape index (κ1) is 13.0. The highest BCUT2D eigenvalue weighted by molar-refractivity contribution is 8.14. The SMILES string of the molecule is CCC1CN=C(NC(c2cccs2)C(C)C)S1. The molecular formula is C13H20N2S2. The van der Waals surface area contributed by atoms with Crippen LogP contribution in [0.1, 0.15) is 38.1 Å². The Hall–Kier alpha value is -0.480. The Kier molecular flexibility index (Phi) is 4.51. The van der Waals surface area contributed by atoms with E-state index in [4.69, 9.17) is 0 Å². The lowest BCUT2D eigenvalue weighted by Crippen LogP contribution is -2.28.